The van der Waals surface area contributed by atoms with Crippen LogP contribution in [-0.2, 0) is 4.74 Å². The minimum atomic E-state index is -0.676. The van der Waals surface area contributed by atoms with Crippen molar-refractivity contribution in [2.45, 2.75) is 31.3 Å². The topological polar surface area (TPSA) is 35.5 Å². The Balaban J connectivity index is 2.56. The molecule has 0 atom stereocenters. The molecule has 0 saturated heterocycles. The summed E-state index contributed by atoms with van der Waals surface area (Å²) in [4.78, 5) is 12.5. The first kappa shape index (κ1) is 12.9. The molecule has 0 aliphatic rings. The smallest absolute Gasteiger partial charge is 0.428 e. The van der Waals surface area contributed by atoms with Crippen LogP contribution in [0.2, 0.25) is 0 Å². The quantitative estimate of drug-likeness (QED) is 0.448. The average molecular weight is 240 g/mol. The SMILES string of the molecule is CSc1ccc(OC(=O)OC(C)(C)C)cc1. The molecule has 1 aromatic rings. The van der Waals surface area contributed by atoms with Crippen LogP contribution < -0.4 is 4.74 Å². The van der Waals surface area contributed by atoms with Gasteiger partial charge in [-0.1, -0.05) is 0 Å². The van der Waals surface area contributed by atoms with Gasteiger partial charge in [-0.05, 0) is 51.3 Å². The minimum Gasteiger partial charge on any atom is -0.428 e. The fraction of sp³-hybridized carbons (Fsp3) is 0.417. The molecule has 0 heterocycles. The highest BCUT2D eigenvalue weighted by atomic mass is 32.2. The van der Waals surface area contributed by atoms with Gasteiger partial charge in [-0.15, -0.1) is 11.8 Å². The van der Waals surface area contributed by atoms with Crippen molar-refractivity contribution in [3.05, 3.63) is 24.3 Å². The van der Waals surface area contributed by atoms with Crippen molar-refractivity contribution in [3.8, 4) is 5.75 Å². The van der Waals surface area contributed by atoms with Crippen LogP contribution in [0.3, 0.4) is 0 Å². The molecule has 0 unspecified atom stereocenters. The lowest BCUT2D eigenvalue weighted by molar-refractivity contribution is 0.0206. The van der Waals surface area contributed by atoms with E-state index in [0.29, 0.717) is 5.75 Å². The molecule has 0 aliphatic carbocycles. The second-order valence-corrected chi connectivity index (χ2v) is 5.12. The third-order valence-corrected chi connectivity index (χ3v) is 2.39. The summed E-state index contributed by atoms with van der Waals surface area (Å²) in [7, 11) is 0. The molecular formula is C12H16O3S. The second-order valence-electron chi connectivity index (χ2n) is 4.24. The molecule has 16 heavy (non-hydrogen) atoms. The summed E-state index contributed by atoms with van der Waals surface area (Å²) in [5, 5.41) is 0. The molecule has 0 amide bonds. The van der Waals surface area contributed by atoms with E-state index in [0.717, 1.165) is 4.90 Å². The summed E-state index contributed by atoms with van der Waals surface area (Å²) >= 11 is 1.63. The molecule has 1 aromatic carbocycles. The van der Waals surface area contributed by atoms with Crippen LogP contribution in [0.1, 0.15) is 20.8 Å². The maximum Gasteiger partial charge on any atom is 0.514 e. The number of carbonyl (C=O) groups is 1. The molecule has 1 rings (SSSR count). The third-order valence-electron chi connectivity index (χ3n) is 1.65. The molecule has 4 heteroatoms. The van der Waals surface area contributed by atoms with Gasteiger partial charge in [0, 0.05) is 4.90 Å². The van der Waals surface area contributed by atoms with E-state index in [1.165, 1.54) is 0 Å². The van der Waals surface area contributed by atoms with Crippen molar-refractivity contribution >= 4 is 17.9 Å². The van der Waals surface area contributed by atoms with E-state index < -0.39 is 11.8 Å². The van der Waals surface area contributed by atoms with Crippen molar-refractivity contribution in [1.82, 2.24) is 0 Å². The summed E-state index contributed by atoms with van der Waals surface area (Å²) in [6.07, 6.45) is 1.31. The van der Waals surface area contributed by atoms with Gasteiger partial charge < -0.3 is 9.47 Å². The predicted octanol–water partition coefficient (Wildman–Crippen LogP) is 3.72. The Bertz CT molecular complexity index is 352. The number of rotatable bonds is 2. The number of benzene rings is 1. The van der Waals surface area contributed by atoms with E-state index in [9.17, 15) is 4.79 Å². The summed E-state index contributed by atoms with van der Waals surface area (Å²) in [5.74, 6) is 0.493. The molecule has 88 valence electrons. The van der Waals surface area contributed by atoms with Crippen molar-refractivity contribution < 1.29 is 14.3 Å². The summed E-state index contributed by atoms with van der Waals surface area (Å²) < 4.78 is 10.1. The van der Waals surface area contributed by atoms with Gasteiger partial charge in [0.15, 0.2) is 0 Å². The Kier molecular flexibility index (Phi) is 4.24. The Labute approximate surface area is 100 Å². The maximum absolute atomic E-state index is 11.3. The zero-order valence-corrected chi connectivity index (χ0v) is 10.8. The van der Waals surface area contributed by atoms with Gasteiger partial charge in [0.2, 0.25) is 0 Å². The van der Waals surface area contributed by atoms with Gasteiger partial charge in [0.05, 0.1) is 0 Å². The first-order valence-corrected chi connectivity index (χ1v) is 6.18. The third kappa shape index (κ3) is 4.57. The first-order chi connectivity index (χ1) is 7.40. The van der Waals surface area contributed by atoms with Crippen LogP contribution in [0, 0.1) is 0 Å². The monoisotopic (exact) mass is 240 g/mol. The van der Waals surface area contributed by atoms with Crippen LogP contribution in [0.25, 0.3) is 0 Å². The van der Waals surface area contributed by atoms with E-state index in [1.807, 2.05) is 18.4 Å². The van der Waals surface area contributed by atoms with E-state index >= 15 is 0 Å². The maximum atomic E-state index is 11.3. The number of thioether (sulfide) groups is 1. The van der Waals surface area contributed by atoms with Gasteiger partial charge in [0.25, 0.3) is 0 Å². The van der Waals surface area contributed by atoms with Crippen molar-refractivity contribution in [2.75, 3.05) is 6.26 Å². The highest BCUT2D eigenvalue weighted by Gasteiger charge is 2.17. The van der Waals surface area contributed by atoms with Gasteiger partial charge in [-0.2, -0.15) is 0 Å². The zero-order valence-electron chi connectivity index (χ0n) is 9.94. The molecule has 0 fully saturated rings. The van der Waals surface area contributed by atoms with Crippen LogP contribution in [0.5, 0.6) is 5.75 Å². The lowest BCUT2D eigenvalue weighted by Crippen LogP contribution is -2.25. The summed E-state index contributed by atoms with van der Waals surface area (Å²) in [6, 6.07) is 7.28. The normalized spacial score (nSPS) is 11.0. The molecule has 0 aliphatic heterocycles. The molecular weight excluding hydrogens is 224 g/mol. The lowest BCUT2D eigenvalue weighted by atomic mass is 10.2. The highest BCUT2D eigenvalue weighted by Crippen LogP contribution is 2.20. The molecule has 0 saturated carbocycles. The van der Waals surface area contributed by atoms with E-state index in [-0.39, 0.29) is 0 Å². The molecule has 3 nitrogen and oxygen atoms in total. The second kappa shape index (κ2) is 5.25. The Morgan fingerprint density at radius 1 is 1.19 bits per heavy atom. The summed E-state index contributed by atoms with van der Waals surface area (Å²) in [6.45, 7) is 5.39. The predicted molar refractivity (Wildman–Crippen MR) is 65.1 cm³/mol. The number of carbonyl (C=O) groups excluding carboxylic acids is 1. The number of ether oxygens (including phenoxy) is 2. The van der Waals surface area contributed by atoms with Crippen molar-refractivity contribution in [2.24, 2.45) is 0 Å². The van der Waals surface area contributed by atoms with Gasteiger partial charge in [-0.3, -0.25) is 0 Å². The minimum absolute atomic E-state index is 0.493. The molecule has 0 aromatic heterocycles. The number of hydrogen-bond acceptors (Lipinski definition) is 4. The van der Waals surface area contributed by atoms with E-state index in [4.69, 9.17) is 9.47 Å². The standard InChI is InChI=1S/C12H16O3S/c1-12(2,3)15-11(13)14-9-5-7-10(16-4)8-6-9/h5-8H,1-4H3. The molecule has 0 spiro atoms. The lowest BCUT2D eigenvalue weighted by Gasteiger charge is -2.18. The van der Waals surface area contributed by atoms with Gasteiger partial charge >= 0.3 is 6.16 Å². The van der Waals surface area contributed by atoms with Gasteiger partial charge in [-0.25, -0.2) is 4.79 Å². The van der Waals surface area contributed by atoms with E-state index in [1.54, 1.807) is 44.7 Å². The average Bonchev–Trinajstić information content (AvgIpc) is 2.16. The van der Waals surface area contributed by atoms with Gasteiger partial charge in [0.1, 0.15) is 11.4 Å². The fourth-order valence-corrected chi connectivity index (χ4v) is 1.42. The fourth-order valence-electron chi connectivity index (χ4n) is 1.01. The largest absolute Gasteiger partial charge is 0.514 e. The highest BCUT2D eigenvalue weighted by molar-refractivity contribution is 7.98. The Morgan fingerprint density at radius 3 is 2.19 bits per heavy atom. The van der Waals surface area contributed by atoms with Crippen LogP contribution in [0.4, 0.5) is 4.79 Å². The van der Waals surface area contributed by atoms with E-state index in [2.05, 4.69) is 0 Å². The van der Waals surface area contributed by atoms with Crippen molar-refractivity contribution in [3.63, 3.8) is 0 Å². The van der Waals surface area contributed by atoms with Crippen LogP contribution in [0.15, 0.2) is 29.2 Å². The molecule has 0 radical (unpaired) electrons. The van der Waals surface area contributed by atoms with Crippen LogP contribution in [-0.4, -0.2) is 18.0 Å². The van der Waals surface area contributed by atoms with Crippen molar-refractivity contribution in [1.29, 1.82) is 0 Å². The number of hydrogen-bond donors (Lipinski definition) is 0. The van der Waals surface area contributed by atoms with Crippen LogP contribution >= 0.6 is 11.8 Å². The molecule has 0 bridgehead atoms. The summed E-state index contributed by atoms with van der Waals surface area (Å²) in [5.41, 5.74) is -0.531. The Hall–Kier alpha value is -1.16. The zero-order chi connectivity index (χ0) is 12.2. The molecule has 0 N–H and O–H groups in total. The Morgan fingerprint density at radius 2 is 1.75 bits per heavy atom. The first-order valence-electron chi connectivity index (χ1n) is 4.95.